The third kappa shape index (κ3) is 3.18. The minimum Gasteiger partial charge on any atom is -0.467 e. The summed E-state index contributed by atoms with van der Waals surface area (Å²) in [5, 5.41) is 3.19. The van der Waals surface area contributed by atoms with Crippen LogP contribution in [0.25, 0.3) is 0 Å². The van der Waals surface area contributed by atoms with Gasteiger partial charge in [0.2, 0.25) is 0 Å². The van der Waals surface area contributed by atoms with Gasteiger partial charge in [-0.3, -0.25) is 0 Å². The predicted molar refractivity (Wildman–Crippen MR) is 78.8 cm³/mol. The third-order valence-corrected chi connectivity index (χ3v) is 4.08. The zero-order valence-electron chi connectivity index (χ0n) is 12.7. The molecule has 0 aliphatic heterocycles. The second-order valence-corrected chi connectivity index (χ2v) is 5.58. The van der Waals surface area contributed by atoms with Gasteiger partial charge in [-0.15, -0.1) is 0 Å². The summed E-state index contributed by atoms with van der Waals surface area (Å²) in [6.07, 6.45) is 2.99. The number of hydrogen-bond donors (Lipinski definition) is 1. The van der Waals surface area contributed by atoms with E-state index in [0.717, 1.165) is 24.8 Å². The van der Waals surface area contributed by atoms with Gasteiger partial charge < -0.3 is 14.8 Å². The molecule has 1 aromatic rings. The number of ether oxygens (including phenoxy) is 2. The summed E-state index contributed by atoms with van der Waals surface area (Å²) in [6, 6.07) is 4.65. The van der Waals surface area contributed by atoms with E-state index in [4.69, 9.17) is 9.47 Å². The quantitative estimate of drug-likeness (QED) is 0.867. The number of halogens is 1. The molecule has 0 radical (unpaired) electrons. The van der Waals surface area contributed by atoms with Gasteiger partial charge in [0, 0.05) is 12.8 Å². The van der Waals surface area contributed by atoms with Crippen molar-refractivity contribution in [1.29, 1.82) is 0 Å². The summed E-state index contributed by atoms with van der Waals surface area (Å²) in [7, 11) is 2.95. The van der Waals surface area contributed by atoms with Gasteiger partial charge in [-0.05, 0) is 43.5 Å². The molecule has 2 rings (SSSR count). The average Bonchev–Trinajstić information content (AvgIpc) is 2.45. The van der Waals surface area contributed by atoms with E-state index in [1.165, 1.54) is 19.2 Å². The molecule has 1 aromatic carbocycles. The molecule has 2 atom stereocenters. The number of carbonyl (C=O) groups is 1. The molecule has 4 nitrogen and oxygen atoms in total. The standard InChI is InChI=1S/C16H22FNO3/c1-11-8-12(17)10-13(9-11)18-16(15(19)21-3)7-5-4-6-14(16)20-2/h8-10,14,18H,4-7H2,1-3H3. The molecule has 1 aliphatic carbocycles. The molecule has 2 unspecified atom stereocenters. The van der Waals surface area contributed by atoms with Crippen LogP contribution < -0.4 is 5.32 Å². The van der Waals surface area contributed by atoms with E-state index < -0.39 is 5.54 Å². The smallest absolute Gasteiger partial charge is 0.334 e. The highest BCUT2D eigenvalue weighted by Crippen LogP contribution is 2.35. The van der Waals surface area contributed by atoms with Crippen molar-refractivity contribution in [2.24, 2.45) is 0 Å². The fraction of sp³-hybridized carbons (Fsp3) is 0.562. The van der Waals surface area contributed by atoms with Gasteiger partial charge >= 0.3 is 5.97 Å². The molecule has 0 saturated heterocycles. The van der Waals surface area contributed by atoms with Gasteiger partial charge in [-0.2, -0.15) is 0 Å². The van der Waals surface area contributed by atoms with Gasteiger partial charge in [0.05, 0.1) is 13.2 Å². The summed E-state index contributed by atoms with van der Waals surface area (Å²) < 4.78 is 24.1. The van der Waals surface area contributed by atoms with Gasteiger partial charge in [-0.1, -0.05) is 12.8 Å². The van der Waals surface area contributed by atoms with Crippen molar-refractivity contribution in [2.75, 3.05) is 19.5 Å². The normalized spacial score (nSPS) is 25.4. The van der Waals surface area contributed by atoms with Crippen molar-refractivity contribution in [2.45, 2.75) is 44.2 Å². The zero-order chi connectivity index (χ0) is 15.5. The molecule has 0 spiro atoms. The van der Waals surface area contributed by atoms with E-state index in [9.17, 15) is 9.18 Å². The molecular weight excluding hydrogens is 273 g/mol. The Morgan fingerprint density at radius 3 is 2.71 bits per heavy atom. The van der Waals surface area contributed by atoms with Crippen LogP contribution in [0.4, 0.5) is 10.1 Å². The molecule has 21 heavy (non-hydrogen) atoms. The number of methoxy groups -OCH3 is 2. The number of rotatable bonds is 4. The van der Waals surface area contributed by atoms with Crippen molar-refractivity contribution in [1.82, 2.24) is 0 Å². The number of aryl methyl sites for hydroxylation is 1. The van der Waals surface area contributed by atoms with E-state index in [0.29, 0.717) is 12.1 Å². The summed E-state index contributed by atoms with van der Waals surface area (Å²) in [5.74, 6) is -0.696. The number of esters is 1. The van der Waals surface area contributed by atoms with E-state index in [-0.39, 0.29) is 17.9 Å². The molecule has 0 bridgehead atoms. The lowest BCUT2D eigenvalue weighted by Crippen LogP contribution is -2.58. The zero-order valence-corrected chi connectivity index (χ0v) is 12.7. The predicted octanol–water partition coefficient (Wildman–Crippen LogP) is 3.05. The first-order valence-electron chi connectivity index (χ1n) is 7.18. The fourth-order valence-electron chi connectivity index (χ4n) is 3.14. The second kappa shape index (κ2) is 6.43. The molecule has 0 amide bonds. The van der Waals surface area contributed by atoms with Crippen LogP contribution in [0, 0.1) is 12.7 Å². The Kier molecular flexibility index (Phi) is 4.83. The highest BCUT2D eigenvalue weighted by molar-refractivity contribution is 5.85. The molecule has 0 heterocycles. The molecule has 116 valence electrons. The topological polar surface area (TPSA) is 47.6 Å². The first kappa shape index (κ1) is 15.8. The number of carbonyl (C=O) groups excluding carboxylic acids is 1. The lowest BCUT2D eigenvalue weighted by atomic mass is 9.78. The molecule has 5 heteroatoms. The fourth-order valence-corrected chi connectivity index (χ4v) is 3.14. The van der Waals surface area contributed by atoms with E-state index in [1.54, 1.807) is 7.11 Å². The van der Waals surface area contributed by atoms with Crippen LogP contribution in [0.15, 0.2) is 18.2 Å². The maximum atomic E-state index is 13.6. The van der Waals surface area contributed by atoms with Crippen molar-refractivity contribution >= 4 is 11.7 Å². The van der Waals surface area contributed by atoms with Gasteiger partial charge in [0.15, 0.2) is 5.54 Å². The highest BCUT2D eigenvalue weighted by Gasteiger charge is 2.48. The largest absolute Gasteiger partial charge is 0.467 e. The van der Waals surface area contributed by atoms with Crippen LogP contribution >= 0.6 is 0 Å². The SMILES string of the molecule is COC(=O)C1(Nc2cc(C)cc(F)c2)CCCCC1OC. The Hall–Kier alpha value is -1.62. The van der Waals surface area contributed by atoms with Crippen LogP contribution in [-0.4, -0.2) is 31.8 Å². The van der Waals surface area contributed by atoms with Crippen molar-refractivity contribution in [3.8, 4) is 0 Å². The third-order valence-electron chi connectivity index (χ3n) is 4.08. The Morgan fingerprint density at radius 1 is 1.33 bits per heavy atom. The first-order chi connectivity index (χ1) is 10.0. The van der Waals surface area contributed by atoms with Crippen LogP contribution in [-0.2, 0) is 14.3 Å². The lowest BCUT2D eigenvalue weighted by Gasteiger charge is -2.42. The molecule has 1 saturated carbocycles. The van der Waals surface area contributed by atoms with E-state index in [2.05, 4.69) is 5.32 Å². The van der Waals surface area contributed by atoms with Gasteiger partial charge in [0.1, 0.15) is 5.82 Å². The van der Waals surface area contributed by atoms with Crippen LogP contribution in [0.1, 0.15) is 31.2 Å². The summed E-state index contributed by atoms with van der Waals surface area (Å²) in [5.41, 5.74) is 0.409. The number of hydrogen-bond acceptors (Lipinski definition) is 4. The van der Waals surface area contributed by atoms with Crippen LogP contribution in [0.2, 0.25) is 0 Å². The summed E-state index contributed by atoms with van der Waals surface area (Å²) >= 11 is 0. The lowest BCUT2D eigenvalue weighted by molar-refractivity contribution is -0.153. The Bertz CT molecular complexity index is 500. The molecule has 1 N–H and O–H groups in total. The summed E-state index contributed by atoms with van der Waals surface area (Å²) in [6.45, 7) is 1.81. The van der Waals surface area contributed by atoms with E-state index >= 15 is 0 Å². The average molecular weight is 295 g/mol. The first-order valence-corrected chi connectivity index (χ1v) is 7.18. The van der Waals surface area contributed by atoms with E-state index in [1.807, 2.05) is 13.0 Å². The number of nitrogens with one attached hydrogen (secondary N) is 1. The van der Waals surface area contributed by atoms with Crippen LogP contribution in [0.5, 0.6) is 0 Å². The molecule has 0 aromatic heterocycles. The number of anilines is 1. The molecule has 1 fully saturated rings. The van der Waals surface area contributed by atoms with Crippen LogP contribution in [0.3, 0.4) is 0 Å². The number of benzene rings is 1. The maximum absolute atomic E-state index is 13.6. The Morgan fingerprint density at radius 2 is 2.10 bits per heavy atom. The van der Waals surface area contributed by atoms with Crippen molar-refractivity contribution < 1.29 is 18.7 Å². The Labute approximate surface area is 124 Å². The minimum atomic E-state index is -0.956. The molecule has 1 aliphatic rings. The van der Waals surface area contributed by atoms with Gasteiger partial charge in [-0.25, -0.2) is 9.18 Å². The van der Waals surface area contributed by atoms with Crippen molar-refractivity contribution in [3.05, 3.63) is 29.6 Å². The summed E-state index contributed by atoms with van der Waals surface area (Å²) in [4.78, 5) is 12.4. The van der Waals surface area contributed by atoms with Crippen molar-refractivity contribution in [3.63, 3.8) is 0 Å². The Balaban J connectivity index is 2.37. The second-order valence-electron chi connectivity index (χ2n) is 5.58. The molecular formula is C16H22FNO3. The minimum absolute atomic E-state index is 0.290. The maximum Gasteiger partial charge on any atom is 0.334 e. The highest BCUT2D eigenvalue weighted by atomic mass is 19.1. The van der Waals surface area contributed by atoms with Gasteiger partial charge in [0.25, 0.3) is 0 Å². The monoisotopic (exact) mass is 295 g/mol.